The summed E-state index contributed by atoms with van der Waals surface area (Å²) in [6.07, 6.45) is 2.89. The van der Waals surface area contributed by atoms with E-state index in [1.54, 1.807) is 12.3 Å². The number of β-amino-alcohol motifs (C(OH)–C–C–N with tert-alkyl or cyclic N) is 1. The van der Waals surface area contributed by atoms with Crippen LogP contribution < -0.4 is 14.4 Å². The molecule has 1 aliphatic heterocycles. The minimum Gasteiger partial charge on any atom is -0.480 e. The fraction of sp³-hybridized carbons (Fsp3) is 0.474. The molecule has 0 spiro atoms. The zero-order valence-corrected chi connectivity index (χ0v) is 17.0. The smallest absolute Gasteiger partial charge is 0.320 e. The number of ether oxygens (including phenoxy) is 2. The molecule has 0 amide bonds. The second-order valence-electron chi connectivity index (χ2n) is 8.06. The van der Waals surface area contributed by atoms with E-state index in [-0.39, 0.29) is 18.4 Å². The van der Waals surface area contributed by atoms with Crippen LogP contribution in [0.25, 0.3) is 16.9 Å². The molecule has 3 aromatic heterocycles. The van der Waals surface area contributed by atoms with Gasteiger partial charge in [-0.15, -0.1) is 0 Å². The number of rotatable bonds is 4. The second kappa shape index (κ2) is 7.01. The molecule has 3 aromatic rings. The van der Waals surface area contributed by atoms with Crippen LogP contribution in [0.2, 0.25) is 0 Å². The topological polar surface area (TPSA) is 97.9 Å². The van der Waals surface area contributed by atoms with Gasteiger partial charge in [-0.1, -0.05) is 0 Å². The van der Waals surface area contributed by atoms with Crippen molar-refractivity contribution >= 4 is 11.3 Å². The third kappa shape index (κ3) is 3.72. The van der Waals surface area contributed by atoms with Gasteiger partial charge in [-0.3, -0.25) is 0 Å². The van der Waals surface area contributed by atoms with Crippen molar-refractivity contribution in [3.8, 4) is 23.1 Å². The number of imidazole rings is 1. The van der Waals surface area contributed by atoms with Crippen LogP contribution in [0.15, 0.2) is 24.7 Å². The lowest BCUT2D eigenvalue weighted by Crippen LogP contribution is -2.31. The summed E-state index contributed by atoms with van der Waals surface area (Å²) in [5.74, 6) is -2.98. The van der Waals surface area contributed by atoms with Gasteiger partial charge in [0.1, 0.15) is 17.4 Å². The number of nitrogens with zero attached hydrogens (tertiary/aromatic N) is 6. The fourth-order valence-corrected chi connectivity index (χ4v) is 3.22. The van der Waals surface area contributed by atoms with E-state index in [9.17, 15) is 13.9 Å². The first-order valence-corrected chi connectivity index (χ1v) is 9.33. The third-order valence-corrected chi connectivity index (χ3v) is 4.56. The Balaban J connectivity index is 1.79. The summed E-state index contributed by atoms with van der Waals surface area (Å²) in [5.41, 5.74) is 1.19. The molecule has 4 heterocycles. The highest BCUT2D eigenvalue weighted by Gasteiger charge is 2.47. The molecule has 1 aliphatic rings. The van der Waals surface area contributed by atoms with Crippen LogP contribution in [-0.2, 0) is 0 Å². The molecule has 0 aromatic carbocycles. The Morgan fingerprint density at radius 3 is 2.67 bits per heavy atom. The van der Waals surface area contributed by atoms with E-state index in [2.05, 4.69) is 20.1 Å². The maximum Gasteiger partial charge on any atom is 0.320 e. The molecule has 0 radical (unpaired) electrons. The van der Waals surface area contributed by atoms with Gasteiger partial charge in [0.2, 0.25) is 5.88 Å². The number of halogens is 2. The van der Waals surface area contributed by atoms with E-state index < -0.39 is 24.2 Å². The van der Waals surface area contributed by atoms with Crippen molar-refractivity contribution < 1.29 is 23.4 Å². The summed E-state index contributed by atoms with van der Waals surface area (Å²) < 4.78 is 40.4. The average Bonchev–Trinajstić information content (AvgIpc) is 3.23. The quantitative estimate of drug-likeness (QED) is 0.686. The zero-order chi connectivity index (χ0) is 21.7. The first kappa shape index (κ1) is 20.2. The van der Waals surface area contributed by atoms with Gasteiger partial charge in [-0.25, -0.2) is 23.3 Å². The van der Waals surface area contributed by atoms with E-state index in [1.165, 1.54) is 28.9 Å². The molecule has 0 saturated carbocycles. The molecule has 1 fully saturated rings. The zero-order valence-electron chi connectivity index (χ0n) is 17.0. The van der Waals surface area contributed by atoms with Crippen molar-refractivity contribution in [3.05, 3.63) is 24.7 Å². The minimum atomic E-state index is -3.21. The van der Waals surface area contributed by atoms with Gasteiger partial charge >= 0.3 is 6.01 Å². The number of fused-ring (bicyclic) bond motifs is 1. The second-order valence-corrected chi connectivity index (χ2v) is 8.06. The van der Waals surface area contributed by atoms with Crippen molar-refractivity contribution in [2.24, 2.45) is 0 Å². The normalized spacial score (nSPS) is 18.8. The van der Waals surface area contributed by atoms with Crippen molar-refractivity contribution in [1.82, 2.24) is 24.6 Å². The van der Waals surface area contributed by atoms with E-state index in [1.807, 2.05) is 20.8 Å². The van der Waals surface area contributed by atoms with Gasteiger partial charge in [0.05, 0.1) is 31.5 Å². The largest absolute Gasteiger partial charge is 0.480 e. The molecular weight excluding hydrogens is 398 g/mol. The van der Waals surface area contributed by atoms with Gasteiger partial charge in [-0.2, -0.15) is 10.1 Å². The van der Waals surface area contributed by atoms with Crippen LogP contribution in [0.3, 0.4) is 0 Å². The molecule has 1 N–H and O–H groups in total. The SMILES string of the molecule is COc1nc(OC(C)(C)C)ncc1-c1cc(N2C[C@H](O)C(F)(F)C2)c2nccn2n1. The third-order valence-electron chi connectivity index (χ3n) is 4.56. The Labute approximate surface area is 171 Å². The summed E-state index contributed by atoms with van der Waals surface area (Å²) in [6, 6.07) is 1.76. The monoisotopic (exact) mass is 420 g/mol. The van der Waals surface area contributed by atoms with E-state index in [0.29, 0.717) is 22.6 Å². The number of hydrogen-bond acceptors (Lipinski definition) is 8. The number of aromatic nitrogens is 5. The van der Waals surface area contributed by atoms with Crippen LogP contribution in [0.1, 0.15) is 20.8 Å². The van der Waals surface area contributed by atoms with Crippen molar-refractivity contribution in [2.75, 3.05) is 25.1 Å². The van der Waals surface area contributed by atoms with Gasteiger partial charge in [0.15, 0.2) is 5.65 Å². The van der Waals surface area contributed by atoms with Crippen LogP contribution >= 0.6 is 0 Å². The Morgan fingerprint density at radius 2 is 2.03 bits per heavy atom. The predicted octanol–water partition coefficient (Wildman–Crippen LogP) is 2.19. The summed E-state index contributed by atoms with van der Waals surface area (Å²) in [4.78, 5) is 14.1. The van der Waals surface area contributed by atoms with Crippen LogP contribution in [-0.4, -0.2) is 67.5 Å². The number of hydrogen-bond donors (Lipinski definition) is 1. The van der Waals surface area contributed by atoms with Crippen LogP contribution in [0.4, 0.5) is 14.5 Å². The molecule has 160 valence electrons. The van der Waals surface area contributed by atoms with Crippen molar-refractivity contribution in [3.63, 3.8) is 0 Å². The summed E-state index contributed by atoms with van der Waals surface area (Å²) in [6.45, 7) is 4.78. The van der Waals surface area contributed by atoms with E-state index >= 15 is 0 Å². The molecule has 11 heteroatoms. The maximum atomic E-state index is 13.9. The molecular formula is C19H22F2N6O3. The standard InChI is InChI=1S/C19H22F2N6O3/c1-18(2,3)30-17-23-8-11(16(24-17)29-4)12-7-13(15-22-5-6-27(15)25-12)26-9-14(28)19(20,21)10-26/h5-8,14,28H,9-10H2,1-4H3/t14-/m0/s1. The molecule has 0 aliphatic carbocycles. The van der Waals surface area contributed by atoms with E-state index in [0.717, 1.165) is 0 Å². The molecule has 1 saturated heterocycles. The van der Waals surface area contributed by atoms with Crippen LogP contribution in [0, 0.1) is 0 Å². The van der Waals surface area contributed by atoms with E-state index in [4.69, 9.17) is 9.47 Å². The number of aliphatic hydroxyl groups is 1. The highest BCUT2D eigenvalue weighted by molar-refractivity contribution is 5.76. The number of methoxy groups -OCH3 is 1. The lowest BCUT2D eigenvalue weighted by molar-refractivity contribution is -0.0712. The van der Waals surface area contributed by atoms with Crippen LogP contribution in [0.5, 0.6) is 11.9 Å². The fourth-order valence-electron chi connectivity index (χ4n) is 3.22. The highest BCUT2D eigenvalue weighted by atomic mass is 19.3. The first-order valence-electron chi connectivity index (χ1n) is 9.33. The Hall–Kier alpha value is -3.08. The van der Waals surface area contributed by atoms with Gasteiger partial charge in [0.25, 0.3) is 5.92 Å². The summed E-state index contributed by atoms with van der Waals surface area (Å²) in [7, 11) is 1.46. The first-order chi connectivity index (χ1) is 14.1. The molecule has 0 unspecified atom stereocenters. The van der Waals surface area contributed by atoms with Gasteiger partial charge in [0, 0.05) is 18.6 Å². The Kier molecular flexibility index (Phi) is 4.72. The molecule has 1 atom stereocenters. The van der Waals surface area contributed by atoms with Crippen molar-refractivity contribution in [1.29, 1.82) is 0 Å². The summed E-state index contributed by atoms with van der Waals surface area (Å²) in [5, 5.41) is 14.2. The minimum absolute atomic E-state index is 0.148. The van der Waals surface area contributed by atoms with Gasteiger partial charge < -0.3 is 19.5 Å². The van der Waals surface area contributed by atoms with Crippen molar-refractivity contribution in [2.45, 2.75) is 38.4 Å². The van der Waals surface area contributed by atoms with Gasteiger partial charge in [-0.05, 0) is 26.8 Å². The average molecular weight is 420 g/mol. The maximum absolute atomic E-state index is 13.9. The number of anilines is 1. The highest BCUT2D eigenvalue weighted by Crippen LogP contribution is 2.36. The Morgan fingerprint density at radius 1 is 1.27 bits per heavy atom. The molecule has 0 bridgehead atoms. The predicted molar refractivity (Wildman–Crippen MR) is 104 cm³/mol. The lowest BCUT2D eigenvalue weighted by Gasteiger charge is -2.21. The number of aliphatic hydroxyl groups excluding tert-OH is 1. The number of alkyl halides is 2. The Bertz CT molecular complexity index is 1080. The molecule has 9 nitrogen and oxygen atoms in total. The summed E-state index contributed by atoms with van der Waals surface area (Å²) >= 11 is 0. The molecule has 30 heavy (non-hydrogen) atoms. The lowest BCUT2D eigenvalue weighted by atomic mass is 10.2. The molecule has 4 rings (SSSR count).